The van der Waals surface area contributed by atoms with Gasteiger partial charge in [-0.25, -0.2) is 15.0 Å². The van der Waals surface area contributed by atoms with Crippen molar-refractivity contribution in [2.24, 2.45) is 0 Å². The van der Waals surface area contributed by atoms with Crippen LogP contribution in [0.2, 0.25) is 0 Å². The fourth-order valence-electron chi connectivity index (χ4n) is 4.59. The van der Waals surface area contributed by atoms with E-state index in [-0.39, 0.29) is 0 Å². The Kier molecular flexibility index (Phi) is 3.68. The minimum atomic E-state index is 0.933. The molecule has 0 spiro atoms. The Balaban J connectivity index is 1.68. The molecule has 4 aromatic heterocycles. The number of thiophene rings is 1. The maximum atomic E-state index is 5.19. The molecule has 0 atom stereocenters. The summed E-state index contributed by atoms with van der Waals surface area (Å²) in [5.74, 6) is 0. The molecular weight excluding hydrogens is 412 g/mol. The monoisotopic (exact) mass is 428 g/mol. The van der Waals surface area contributed by atoms with E-state index in [9.17, 15) is 0 Å². The Labute approximate surface area is 187 Å². The molecule has 5 heteroatoms. The summed E-state index contributed by atoms with van der Waals surface area (Å²) in [5, 5.41) is 3.74. The summed E-state index contributed by atoms with van der Waals surface area (Å²) >= 11 is 1.83. The van der Waals surface area contributed by atoms with Crippen LogP contribution in [0.1, 0.15) is 0 Å². The third kappa shape index (κ3) is 2.46. The van der Waals surface area contributed by atoms with E-state index >= 15 is 0 Å². The van der Waals surface area contributed by atoms with Crippen LogP contribution in [0, 0.1) is 0 Å². The van der Waals surface area contributed by atoms with Gasteiger partial charge in [0.2, 0.25) is 0 Å². The van der Waals surface area contributed by atoms with Crippen molar-refractivity contribution in [3.8, 4) is 16.9 Å². The number of rotatable bonds is 2. The van der Waals surface area contributed by atoms with Gasteiger partial charge in [-0.05, 0) is 24.3 Å². The highest BCUT2D eigenvalue weighted by Gasteiger charge is 2.19. The van der Waals surface area contributed by atoms with Gasteiger partial charge in [0.05, 0.1) is 40.3 Å². The summed E-state index contributed by atoms with van der Waals surface area (Å²) in [7, 11) is 0. The van der Waals surface area contributed by atoms with Crippen molar-refractivity contribution in [3.63, 3.8) is 0 Å². The summed E-state index contributed by atoms with van der Waals surface area (Å²) in [6.45, 7) is 0. The van der Waals surface area contributed by atoms with Gasteiger partial charge in [-0.3, -0.25) is 0 Å². The van der Waals surface area contributed by atoms with Crippen molar-refractivity contribution in [1.29, 1.82) is 0 Å². The molecule has 0 unspecified atom stereocenters. The predicted molar refractivity (Wildman–Crippen MR) is 132 cm³/mol. The molecule has 32 heavy (non-hydrogen) atoms. The SMILES string of the molecule is c1ccc(-c2ccc3c(n2)c2c4sc5ccccc5c4ccc2n3-c2cncnc2)cc1. The number of fused-ring (bicyclic) bond motifs is 7. The maximum absolute atomic E-state index is 5.19. The van der Waals surface area contributed by atoms with Crippen LogP contribution >= 0.6 is 11.3 Å². The van der Waals surface area contributed by atoms with E-state index in [1.54, 1.807) is 6.33 Å². The van der Waals surface area contributed by atoms with Crippen molar-refractivity contribution in [1.82, 2.24) is 19.5 Å². The Morgan fingerprint density at radius 2 is 1.47 bits per heavy atom. The summed E-state index contributed by atoms with van der Waals surface area (Å²) in [6, 6.07) is 27.6. The van der Waals surface area contributed by atoms with E-state index in [0.717, 1.165) is 33.5 Å². The molecule has 7 aromatic rings. The van der Waals surface area contributed by atoms with Crippen LogP contribution in [0.4, 0.5) is 0 Å². The molecule has 4 nitrogen and oxygen atoms in total. The van der Waals surface area contributed by atoms with Crippen molar-refractivity contribution in [2.45, 2.75) is 0 Å². The number of hydrogen-bond acceptors (Lipinski definition) is 4. The van der Waals surface area contributed by atoms with Crippen molar-refractivity contribution in [3.05, 3.63) is 97.6 Å². The Morgan fingerprint density at radius 1 is 0.688 bits per heavy atom. The van der Waals surface area contributed by atoms with Gasteiger partial charge in [-0.1, -0.05) is 54.6 Å². The fraction of sp³-hybridized carbons (Fsp3) is 0. The van der Waals surface area contributed by atoms with Gasteiger partial charge in [-0.2, -0.15) is 0 Å². The van der Waals surface area contributed by atoms with E-state index in [2.05, 4.69) is 87.3 Å². The molecular formula is C27H16N4S. The lowest BCUT2D eigenvalue weighted by Crippen LogP contribution is -1.95. The highest BCUT2D eigenvalue weighted by Crippen LogP contribution is 2.42. The Morgan fingerprint density at radius 3 is 2.34 bits per heavy atom. The molecule has 0 fully saturated rings. The molecule has 0 N–H and O–H groups in total. The smallest absolute Gasteiger partial charge is 0.115 e. The quantitative estimate of drug-likeness (QED) is 0.298. The van der Waals surface area contributed by atoms with Gasteiger partial charge < -0.3 is 4.57 Å². The van der Waals surface area contributed by atoms with Crippen molar-refractivity contribution in [2.75, 3.05) is 0 Å². The zero-order chi connectivity index (χ0) is 21.1. The lowest BCUT2D eigenvalue weighted by Gasteiger charge is -2.06. The second-order valence-corrected chi connectivity index (χ2v) is 8.85. The number of nitrogens with zero attached hydrogens (tertiary/aromatic N) is 4. The highest BCUT2D eigenvalue weighted by atomic mass is 32.1. The molecule has 150 valence electrons. The molecule has 4 heterocycles. The predicted octanol–water partition coefficient (Wildman–Crippen LogP) is 7.00. The van der Waals surface area contributed by atoms with Crippen LogP contribution in [-0.4, -0.2) is 19.5 Å². The van der Waals surface area contributed by atoms with Gasteiger partial charge in [-0.15, -0.1) is 11.3 Å². The number of benzene rings is 3. The average molecular weight is 429 g/mol. The molecule has 7 rings (SSSR count). The first-order valence-electron chi connectivity index (χ1n) is 10.4. The van der Waals surface area contributed by atoms with Gasteiger partial charge in [0.1, 0.15) is 6.33 Å². The van der Waals surface area contributed by atoms with Crippen LogP contribution in [0.5, 0.6) is 0 Å². The molecule has 0 aliphatic rings. The minimum Gasteiger partial charge on any atom is -0.305 e. The largest absolute Gasteiger partial charge is 0.305 e. The Bertz CT molecular complexity index is 1770. The molecule has 3 aromatic carbocycles. The first-order chi connectivity index (χ1) is 15.9. The second kappa shape index (κ2) is 6.70. The third-order valence-corrected chi connectivity index (χ3v) is 7.20. The third-order valence-electron chi connectivity index (χ3n) is 5.99. The van der Waals surface area contributed by atoms with Crippen LogP contribution < -0.4 is 0 Å². The molecule has 0 amide bonds. The topological polar surface area (TPSA) is 43.6 Å². The number of hydrogen-bond donors (Lipinski definition) is 0. The first kappa shape index (κ1) is 17.6. The number of aromatic nitrogens is 4. The molecule has 0 aliphatic heterocycles. The maximum Gasteiger partial charge on any atom is 0.115 e. The van der Waals surface area contributed by atoms with E-state index in [0.29, 0.717) is 0 Å². The normalized spacial score (nSPS) is 11.8. The molecule has 0 aliphatic carbocycles. The molecule has 0 saturated heterocycles. The van der Waals surface area contributed by atoms with E-state index in [4.69, 9.17) is 4.98 Å². The van der Waals surface area contributed by atoms with E-state index in [1.165, 1.54) is 25.6 Å². The summed E-state index contributed by atoms with van der Waals surface area (Å²) in [4.78, 5) is 13.7. The van der Waals surface area contributed by atoms with E-state index in [1.807, 2.05) is 29.8 Å². The standard InChI is InChI=1S/C27H16N4S/c1-2-6-17(7-3-1)21-11-13-23-26(30-21)25-22(31(23)18-14-28-16-29-15-18)12-10-20-19-8-4-5-9-24(19)32-27(20)25/h1-16H. The van der Waals surface area contributed by atoms with E-state index < -0.39 is 0 Å². The minimum absolute atomic E-state index is 0.933. The second-order valence-electron chi connectivity index (χ2n) is 7.80. The average Bonchev–Trinajstić information content (AvgIpc) is 3.40. The molecule has 0 saturated carbocycles. The first-order valence-corrected chi connectivity index (χ1v) is 11.3. The van der Waals surface area contributed by atoms with Gasteiger partial charge in [0, 0.05) is 31.1 Å². The lowest BCUT2D eigenvalue weighted by atomic mass is 10.1. The van der Waals surface area contributed by atoms with Crippen LogP contribution in [0.3, 0.4) is 0 Å². The zero-order valence-corrected chi connectivity index (χ0v) is 17.8. The number of pyridine rings is 1. The van der Waals surface area contributed by atoms with Crippen molar-refractivity contribution >= 4 is 53.4 Å². The van der Waals surface area contributed by atoms with Crippen molar-refractivity contribution < 1.29 is 0 Å². The molecule has 0 radical (unpaired) electrons. The van der Waals surface area contributed by atoms with Gasteiger partial charge >= 0.3 is 0 Å². The van der Waals surface area contributed by atoms with Gasteiger partial charge in [0.25, 0.3) is 0 Å². The van der Waals surface area contributed by atoms with Crippen LogP contribution in [0.15, 0.2) is 97.6 Å². The Hall–Kier alpha value is -4.09. The van der Waals surface area contributed by atoms with Gasteiger partial charge in [0.15, 0.2) is 0 Å². The van der Waals surface area contributed by atoms with Crippen LogP contribution in [-0.2, 0) is 0 Å². The summed E-state index contributed by atoms with van der Waals surface area (Å²) in [6.07, 6.45) is 5.27. The highest BCUT2D eigenvalue weighted by molar-refractivity contribution is 7.26. The summed E-state index contributed by atoms with van der Waals surface area (Å²) < 4.78 is 4.77. The van der Waals surface area contributed by atoms with Crippen LogP contribution in [0.25, 0.3) is 59.1 Å². The lowest BCUT2D eigenvalue weighted by molar-refractivity contribution is 1.07. The fourth-order valence-corrected chi connectivity index (χ4v) is 5.84. The zero-order valence-electron chi connectivity index (χ0n) is 16.9. The summed E-state index contributed by atoms with van der Waals surface area (Å²) in [5.41, 5.74) is 6.19. The molecule has 0 bridgehead atoms.